The van der Waals surface area contributed by atoms with Gasteiger partial charge in [0.2, 0.25) is 5.91 Å². The van der Waals surface area contributed by atoms with E-state index in [0.717, 1.165) is 55.6 Å². The number of carbonyl (C=O) groups excluding carboxylic acids is 3. The van der Waals surface area contributed by atoms with Crippen LogP contribution in [-0.2, 0) is 16.1 Å². The summed E-state index contributed by atoms with van der Waals surface area (Å²) in [5.74, 6) is -0.0568. The van der Waals surface area contributed by atoms with E-state index < -0.39 is 5.91 Å². The molecule has 1 aliphatic carbocycles. The van der Waals surface area contributed by atoms with Gasteiger partial charge in [0, 0.05) is 49.9 Å². The predicted octanol–water partition coefficient (Wildman–Crippen LogP) is 2.98. The van der Waals surface area contributed by atoms with Gasteiger partial charge in [-0.2, -0.15) is 0 Å². The number of amides is 3. The normalized spacial score (nSPS) is 16.7. The molecule has 0 aromatic carbocycles. The zero-order chi connectivity index (χ0) is 28.2. The monoisotopic (exact) mass is 561 g/mol. The van der Waals surface area contributed by atoms with E-state index in [9.17, 15) is 14.4 Å². The lowest BCUT2D eigenvalue weighted by Crippen LogP contribution is -2.43. The summed E-state index contributed by atoms with van der Waals surface area (Å²) in [6, 6.07) is 3.76. The Bertz CT molecular complexity index is 1080. The van der Waals surface area contributed by atoms with E-state index in [1.807, 2.05) is 20.0 Å². The number of anilines is 1. The number of pyridine rings is 1. The molecule has 38 heavy (non-hydrogen) atoms. The number of primary amides is 1. The molecule has 12 heteroatoms. The third-order valence-corrected chi connectivity index (χ3v) is 7.31. The molecular weight excluding hydrogens is 522 g/mol. The summed E-state index contributed by atoms with van der Waals surface area (Å²) in [4.78, 5) is 48.0. The van der Waals surface area contributed by atoms with Crippen molar-refractivity contribution in [1.29, 1.82) is 0 Å². The van der Waals surface area contributed by atoms with Crippen LogP contribution in [0.2, 0.25) is 0 Å². The number of nitrogens with one attached hydrogen (secondary N) is 2. The zero-order valence-corrected chi connectivity index (χ0v) is 24.5. The molecule has 1 fully saturated rings. The fourth-order valence-electron chi connectivity index (χ4n) is 4.04. The van der Waals surface area contributed by atoms with E-state index in [2.05, 4.69) is 32.4 Å². The summed E-state index contributed by atoms with van der Waals surface area (Å²) in [5, 5.41) is 6.18. The highest BCUT2D eigenvalue weighted by molar-refractivity contribution is 7.82. The van der Waals surface area contributed by atoms with Crippen molar-refractivity contribution in [2.24, 2.45) is 11.7 Å². The minimum atomic E-state index is -0.445. The van der Waals surface area contributed by atoms with Gasteiger partial charge in [-0.3, -0.25) is 14.4 Å². The Morgan fingerprint density at radius 3 is 2.32 bits per heavy atom. The standard InChI is InChI=1S/C17H24N4O2S.C9H15N3OS/c1-11-4-9-14(18-10-11)20-15(22)16(24)19-13-7-5-12(6-8-13)17(23)21(2)3;1-3-4-12(2)6-7-5-11-9(14-7)8(10)13/h4,9-10,12-13H,5-8H2,1-3H3,(H,19,24)(H,18,20,22);5H,3-4,6H2,1-2H3,(H2,10,13). The van der Waals surface area contributed by atoms with Crippen LogP contribution in [-0.4, -0.2) is 76.2 Å². The number of hydrogen-bond acceptors (Lipinski definition) is 8. The number of hydrogen-bond donors (Lipinski definition) is 3. The molecule has 0 bridgehead atoms. The number of thiazole rings is 1. The molecule has 2 aromatic rings. The van der Waals surface area contributed by atoms with E-state index in [4.69, 9.17) is 18.0 Å². The fourth-order valence-corrected chi connectivity index (χ4v) is 5.10. The number of rotatable bonds is 8. The van der Waals surface area contributed by atoms with Gasteiger partial charge in [-0.25, -0.2) is 9.97 Å². The van der Waals surface area contributed by atoms with Gasteiger partial charge in [-0.05, 0) is 64.3 Å². The molecule has 0 saturated heterocycles. The predicted molar refractivity (Wildman–Crippen MR) is 155 cm³/mol. The first-order valence-corrected chi connectivity index (χ1v) is 13.9. The van der Waals surface area contributed by atoms with Gasteiger partial charge in [0.05, 0.1) is 0 Å². The van der Waals surface area contributed by atoms with Crippen LogP contribution in [0.15, 0.2) is 24.5 Å². The summed E-state index contributed by atoms with van der Waals surface area (Å²) in [7, 11) is 5.61. The molecule has 3 amide bonds. The molecule has 0 spiro atoms. The Kier molecular flexibility index (Phi) is 12.7. The Hall–Kier alpha value is -2.96. The SMILES string of the molecule is CCCN(C)Cc1cnc(C(N)=O)s1.Cc1ccc(NC(=O)C(=S)NC2CCC(C(=O)N(C)C)CC2)nc1. The summed E-state index contributed by atoms with van der Waals surface area (Å²) in [6.07, 6.45) is 7.84. The number of carbonyl (C=O) groups is 3. The summed E-state index contributed by atoms with van der Waals surface area (Å²) < 4.78 is 0. The lowest BCUT2D eigenvalue weighted by molar-refractivity contribution is -0.134. The molecular formula is C26H39N7O3S2. The van der Waals surface area contributed by atoms with Crippen molar-refractivity contribution < 1.29 is 14.4 Å². The first kappa shape index (κ1) is 31.3. The quantitative estimate of drug-likeness (QED) is 0.419. The highest BCUT2D eigenvalue weighted by Crippen LogP contribution is 2.25. The number of nitrogens with zero attached hydrogens (tertiary/aromatic N) is 4. The largest absolute Gasteiger partial charge is 0.369 e. The Morgan fingerprint density at radius 1 is 1.11 bits per heavy atom. The van der Waals surface area contributed by atoms with Gasteiger partial charge >= 0.3 is 0 Å². The zero-order valence-electron chi connectivity index (χ0n) is 22.8. The molecule has 10 nitrogen and oxygen atoms in total. The van der Waals surface area contributed by atoms with Crippen LogP contribution in [0.5, 0.6) is 0 Å². The van der Waals surface area contributed by atoms with E-state index in [0.29, 0.717) is 10.8 Å². The minimum Gasteiger partial charge on any atom is -0.369 e. The van der Waals surface area contributed by atoms with Crippen molar-refractivity contribution >= 4 is 52.1 Å². The Balaban J connectivity index is 0.000000308. The van der Waals surface area contributed by atoms with E-state index in [1.165, 1.54) is 11.3 Å². The second-order valence-electron chi connectivity index (χ2n) is 9.66. The van der Waals surface area contributed by atoms with E-state index >= 15 is 0 Å². The third kappa shape index (κ3) is 10.4. The van der Waals surface area contributed by atoms with Crippen molar-refractivity contribution in [3.05, 3.63) is 40.0 Å². The molecule has 208 valence electrons. The fraction of sp³-hybridized carbons (Fsp3) is 0.538. The Morgan fingerprint density at radius 2 is 1.79 bits per heavy atom. The highest BCUT2D eigenvalue weighted by Gasteiger charge is 2.28. The number of nitrogens with two attached hydrogens (primary N) is 1. The van der Waals surface area contributed by atoms with E-state index in [1.54, 1.807) is 37.5 Å². The van der Waals surface area contributed by atoms with Crippen LogP contribution >= 0.6 is 23.6 Å². The molecule has 4 N–H and O–H groups in total. The van der Waals surface area contributed by atoms with Crippen LogP contribution in [0, 0.1) is 12.8 Å². The van der Waals surface area contributed by atoms with Crippen molar-refractivity contribution in [3.63, 3.8) is 0 Å². The number of aryl methyl sites for hydroxylation is 1. The summed E-state index contributed by atoms with van der Waals surface area (Å²) in [5.41, 5.74) is 6.14. The van der Waals surface area contributed by atoms with E-state index in [-0.39, 0.29) is 28.8 Å². The van der Waals surface area contributed by atoms with Gasteiger partial charge in [0.1, 0.15) is 5.82 Å². The van der Waals surface area contributed by atoms with Gasteiger partial charge in [-0.15, -0.1) is 11.3 Å². The lowest BCUT2D eigenvalue weighted by atomic mass is 9.85. The third-order valence-electron chi connectivity index (χ3n) is 6.01. The summed E-state index contributed by atoms with van der Waals surface area (Å²) in [6.45, 7) is 5.95. The smallest absolute Gasteiger partial charge is 0.284 e. The minimum absolute atomic E-state index is 0.0807. The first-order valence-electron chi connectivity index (χ1n) is 12.7. The average molecular weight is 562 g/mol. The molecule has 0 atom stereocenters. The van der Waals surface area contributed by atoms with Crippen LogP contribution in [0.1, 0.15) is 59.3 Å². The molecule has 2 heterocycles. The van der Waals surface area contributed by atoms with Gasteiger partial charge in [-0.1, -0.05) is 25.2 Å². The molecule has 0 unspecified atom stereocenters. The van der Waals surface area contributed by atoms with Crippen molar-refractivity contribution in [3.8, 4) is 0 Å². The molecule has 3 rings (SSSR count). The van der Waals surface area contributed by atoms with Crippen molar-refractivity contribution in [2.75, 3.05) is 33.0 Å². The maximum absolute atomic E-state index is 12.1. The van der Waals surface area contributed by atoms with Gasteiger partial charge < -0.3 is 26.2 Å². The molecule has 0 radical (unpaired) electrons. The van der Waals surface area contributed by atoms with Crippen molar-refractivity contribution in [1.82, 2.24) is 25.1 Å². The lowest BCUT2D eigenvalue weighted by Gasteiger charge is -2.30. The number of aromatic nitrogens is 2. The van der Waals surface area contributed by atoms with Gasteiger partial charge in [0.15, 0.2) is 10.00 Å². The topological polar surface area (TPSA) is 134 Å². The van der Waals surface area contributed by atoms with Crippen LogP contribution in [0.25, 0.3) is 0 Å². The first-order chi connectivity index (χ1) is 18.0. The molecule has 1 saturated carbocycles. The van der Waals surface area contributed by atoms with Crippen LogP contribution in [0.3, 0.4) is 0 Å². The second kappa shape index (κ2) is 15.5. The maximum atomic E-state index is 12.1. The molecule has 0 aliphatic heterocycles. The molecule has 2 aromatic heterocycles. The van der Waals surface area contributed by atoms with Crippen LogP contribution in [0.4, 0.5) is 5.82 Å². The second-order valence-corrected chi connectivity index (χ2v) is 11.2. The average Bonchev–Trinajstić information content (AvgIpc) is 3.34. The van der Waals surface area contributed by atoms with Crippen LogP contribution < -0.4 is 16.4 Å². The Labute approximate surface area is 234 Å². The van der Waals surface area contributed by atoms with Crippen molar-refractivity contribution in [2.45, 2.75) is 58.5 Å². The number of thiocarbonyl (C=S) groups is 1. The maximum Gasteiger partial charge on any atom is 0.284 e. The summed E-state index contributed by atoms with van der Waals surface area (Å²) >= 11 is 6.55. The highest BCUT2D eigenvalue weighted by atomic mass is 32.1. The molecule has 1 aliphatic rings. The van der Waals surface area contributed by atoms with Gasteiger partial charge in [0.25, 0.3) is 11.8 Å².